The van der Waals surface area contributed by atoms with Crippen LogP contribution in [0.15, 0.2) is 77.7 Å². The summed E-state index contributed by atoms with van der Waals surface area (Å²) >= 11 is 0. The lowest BCUT2D eigenvalue weighted by atomic mass is 10.1. The van der Waals surface area contributed by atoms with Crippen molar-refractivity contribution in [3.05, 3.63) is 89.5 Å². The second kappa shape index (κ2) is 9.22. The number of amides is 1. The summed E-state index contributed by atoms with van der Waals surface area (Å²) < 4.78 is 32.5. The van der Waals surface area contributed by atoms with Gasteiger partial charge in [0.1, 0.15) is 5.75 Å². The number of benzene rings is 3. The van der Waals surface area contributed by atoms with Crippen molar-refractivity contribution >= 4 is 21.6 Å². The first kappa shape index (κ1) is 22.4. The number of rotatable bonds is 7. The largest absolute Gasteiger partial charge is 0.497 e. The Hall–Kier alpha value is -3.32. The van der Waals surface area contributed by atoms with Crippen molar-refractivity contribution in [1.82, 2.24) is 5.32 Å². The Balaban J connectivity index is 1.86. The molecule has 0 saturated heterocycles. The number of methoxy groups -OCH3 is 1. The Kier molecular flexibility index (Phi) is 6.65. The Morgan fingerprint density at radius 3 is 2.26 bits per heavy atom. The summed E-state index contributed by atoms with van der Waals surface area (Å²) in [7, 11) is -0.798. The molecular formula is C24H26N2O4S. The first-order chi connectivity index (χ1) is 14.7. The summed E-state index contributed by atoms with van der Waals surface area (Å²) in [5.41, 5.74) is 2.56. The molecule has 0 aromatic heterocycles. The number of anilines is 1. The molecule has 3 aromatic rings. The first-order valence-corrected chi connectivity index (χ1v) is 11.3. The fourth-order valence-electron chi connectivity index (χ4n) is 3.23. The van der Waals surface area contributed by atoms with E-state index in [1.165, 1.54) is 30.6 Å². The first-order valence-electron chi connectivity index (χ1n) is 9.83. The van der Waals surface area contributed by atoms with Crippen molar-refractivity contribution in [3.63, 3.8) is 0 Å². The van der Waals surface area contributed by atoms with Gasteiger partial charge in [-0.1, -0.05) is 36.4 Å². The molecule has 3 aromatic carbocycles. The Morgan fingerprint density at radius 2 is 1.65 bits per heavy atom. The van der Waals surface area contributed by atoms with Crippen LogP contribution in [0.4, 0.5) is 5.69 Å². The molecule has 0 bridgehead atoms. The van der Waals surface area contributed by atoms with Crippen LogP contribution < -0.4 is 14.4 Å². The number of sulfonamides is 1. The molecule has 1 N–H and O–H groups in total. The van der Waals surface area contributed by atoms with Crippen LogP contribution in [-0.4, -0.2) is 28.5 Å². The highest BCUT2D eigenvalue weighted by molar-refractivity contribution is 7.92. The van der Waals surface area contributed by atoms with Crippen molar-refractivity contribution in [2.45, 2.75) is 24.8 Å². The molecule has 1 atom stereocenters. The van der Waals surface area contributed by atoms with E-state index >= 15 is 0 Å². The maximum atomic E-state index is 13.1. The van der Waals surface area contributed by atoms with Crippen LogP contribution in [0.1, 0.15) is 34.5 Å². The molecule has 31 heavy (non-hydrogen) atoms. The molecule has 0 aliphatic rings. The van der Waals surface area contributed by atoms with Gasteiger partial charge < -0.3 is 10.1 Å². The zero-order valence-electron chi connectivity index (χ0n) is 18.0. The SMILES string of the molecule is COc1ccc(S(=O)(=O)N(C)c2cc(C(=O)N[C@H](C)c3ccccc3)ccc2C)cc1. The van der Waals surface area contributed by atoms with Gasteiger partial charge >= 0.3 is 0 Å². The van der Waals surface area contributed by atoms with Gasteiger partial charge in [0.2, 0.25) is 0 Å². The van der Waals surface area contributed by atoms with Crippen molar-refractivity contribution in [2.24, 2.45) is 0 Å². The number of aryl methyl sites for hydroxylation is 1. The predicted octanol–water partition coefficient (Wildman–Crippen LogP) is 4.32. The molecule has 0 aliphatic carbocycles. The predicted molar refractivity (Wildman–Crippen MR) is 122 cm³/mol. The lowest BCUT2D eigenvalue weighted by Gasteiger charge is -2.22. The molecule has 1 amide bonds. The zero-order chi connectivity index (χ0) is 22.6. The average molecular weight is 439 g/mol. The van der Waals surface area contributed by atoms with Crippen LogP contribution in [0, 0.1) is 6.92 Å². The van der Waals surface area contributed by atoms with E-state index in [4.69, 9.17) is 4.74 Å². The van der Waals surface area contributed by atoms with Gasteiger partial charge in [0.05, 0.1) is 23.7 Å². The third-order valence-electron chi connectivity index (χ3n) is 5.18. The molecule has 0 fully saturated rings. The van der Waals surface area contributed by atoms with Gasteiger partial charge in [-0.25, -0.2) is 8.42 Å². The molecule has 0 heterocycles. The summed E-state index contributed by atoms with van der Waals surface area (Å²) in [4.78, 5) is 13.0. The Bertz CT molecular complexity index is 1160. The van der Waals surface area contributed by atoms with Crippen LogP contribution in [-0.2, 0) is 10.0 Å². The highest BCUT2D eigenvalue weighted by Gasteiger charge is 2.24. The van der Waals surface area contributed by atoms with Crippen LogP contribution in [0.2, 0.25) is 0 Å². The second-order valence-corrected chi connectivity index (χ2v) is 9.22. The third kappa shape index (κ3) is 4.88. The number of hydrogen-bond donors (Lipinski definition) is 1. The van der Waals surface area contributed by atoms with E-state index < -0.39 is 10.0 Å². The Labute approximate surface area is 183 Å². The molecule has 162 valence electrons. The number of nitrogens with one attached hydrogen (secondary N) is 1. The van der Waals surface area contributed by atoms with E-state index in [0.717, 1.165) is 11.1 Å². The highest BCUT2D eigenvalue weighted by Crippen LogP contribution is 2.27. The minimum Gasteiger partial charge on any atom is -0.497 e. The van der Waals surface area contributed by atoms with E-state index in [9.17, 15) is 13.2 Å². The number of nitrogens with zero attached hydrogens (tertiary/aromatic N) is 1. The molecule has 7 heteroatoms. The van der Waals surface area contributed by atoms with E-state index in [0.29, 0.717) is 17.0 Å². The number of carbonyl (C=O) groups is 1. The van der Waals surface area contributed by atoms with Crippen LogP contribution in [0.25, 0.3) is 0 Å². The second-order valence-electron chi connectivity index (χ2n) is 7.26. The average Bonchev–Trinajstić information content (AvgIpc) is 2.79. The molecule has 3 rings (SSSR count). The van der Waals surface area contributed by atoms with E-state index in [1.807, 2.05) is 44.2 Å². The van der Waals surface area contributed by atoms with E-state index in [-0.39, 0.29) is 16.8 Å². The fraction of sp³-hybridized carbons (Fsp3) is 0.208. The monoisotopic (exact) mass is 438 g/mol. The van der Waals surface area contributed by atoms with E-state index in [1.54, 1.807) is 30.3 Å². The van der Waals surface area contributed by atoms with Crippen molar-refractivity contribution < 1.29 is 17.9 Å². The third-order valence-corrected chi connectivity index (χ3v) is 6.96. The number of carbonyl (C=O) groups excluding carboxylic acids is 1. The van der Waals surface area contributed by atoms with Gasteiger partial charge in [-0.2, -0.15) is 0 Å². The van der Waals surface area contributed by atoms with Crippen LogP contribution in [0.3, 0.4) is 0 Å². The number of hydrogen-bond acceptors (Lipinski definition) is 4. The normalized spacial score (nSPS) is 12.1. The topological polar surface area (TPSA) is 75.7 Å². The molecular weight excluding hydrogens is 412 g/mol. The fourth-order valence-corrected chi connectivity index (χ4v) is 4.48. The summed E-state index contributed by atoms with van der Waals surface area (Å²) in [6.45, 7) is 3.71. The van der Waals surface area contributed by atoms with Crippen molar-refractivity contribution in [2.75, 3.05) is 18.5 Å². The smallest absolute Gasteiger partial charge is 0.264 e. The maximum Gasteiger partial charge on any atom is 0.264 e. The molecule has 0 spiro atoms. The van der Waals surface area contributed by atoms with Gasteiger partial charge in [-0.3, -0.25) is 9.10 Å². The summed E-state index contributed by atoms with van der Waals surface area (Å²) in [6.07, 6.45) is 0. The van der Waals surface area contributed by atoms with Crippen LogP contribution in [0.5, 0.6) is 5.75 Å². The molecule has 0 aliphatic heterocycles. The van der Waals surface area contributed by atoms with Gasteiger partial charge in [0.15, 0.2) is 0 Å². The van der Waals surface area contributed by atoms with Gasteiger partial charge in [-0.05, 0) is 61.4 Å². The Morgan fingerprint density at radius 1 is 1.00 bits per heavy atom. The van der Waals surface area contributed by atoms with Gasteiger partial charge in [0.25, 0.3) is 15.9 Å². The summed E-state index contributed by atoms with van der Waals surface area (Å²) in [5, 5.41) is 2.96. The summed E-state index contributed by atoms with van der Waals surface area (Å²) in [6, 6.07) is 20.7. The number of ether oxygens (including phenoxy) is 1. The highest BCUT2D eigenvalue weighted by atomic mass is 32.2. The van der Waals surface area contributed by atoms with Gasteiger partial charge in [0, 0.05) is 12.6 Å². The minimum absolute atomic E-state index is 0.141. The van der Waals surface area contributed by atoms with Gasteiger partial charge in [-0.15, -0.1) is 0 Å². The van der Waals surface area contributed by atoms with Crippen molar-refractivity contribution in [1.29, 1.82) is 0 Å². The molecule has 6 nitrogen and oxygen atoms in total. The zero-order valence-corrected chi connectivity index (χ0v) is 18.8. The van der Waals surface area contributed by atoms with Crippen molar-refractivity contribution in [3.8, 4) is 5.75 Å². The minimum atomic E-state index is -3.80. The van der Waals surface area contributed by atoms with Crippen LogP contribution >= 0.6 is 0 Å². The maximum absolute atomic E-state index is 13.1. The lowest BCUT2D eigenvalue weighted by Crippen LogP contribution is -2.29. The molecule has 0 saturated carbocycles. The molecule has 0 unspecified atom stereocenters. The molecule has 0 radical (unpaired) electrons. The van der Waals surface area contributed by atoms with E-state index in [2.05, 4.69) is 5.32 Å². The quantitative estimate of drug-likeness (QED) is 0.596. The lowest BCUT2D eigenvalue weighted by molar-refractivity contribution is 0.0940. The standard InChI is InChI=1S/C24H26N2O4S/c1-17-10-11-20(24(27)25-18(2)19-8-6-5-7-9-19)16-23(17)26(3)31(28,29)22-14-12-21(30-4)13-15-22/h5-16,18H,1-4H3,(H,25,27)/t18-/m1/s1. The summed E-state index contributed by atoms with van der Waals surface area (Å²) in [5.74, 6) is 0.303.